The van der Waals surface area contributed by atoms with Crippen molar-refractivity contribution in [3.8, 4) is 0 Å². The lowest BCUT2D eigenvalue weighted by Crippen LogP contribution is -2.02. The lowest BCUT2D eigenvalue weighted by Gasteiger charge is -1.99. The van der Waals surface area contributed by atoms with Gasteiger partial charge in [-0.2, -0.15) is 0 Å². The molecule has 0 radical (unpaired) electrons. The summed E-state index contributed by atoms with van der Waals surface area (Å²) in [5, 5.41) is 9.92. The zero-order valence-corrected chi connectivity index (χ0v) is 10.5. The largest absolute Gasteiger partial charge is 0.330 e. The Morgan fingerprint density at radius 3 is 2.81 bits per heavy atom. The van der Waals surface area contributed by atoms with Crippen molar-refractivity contribution >= 4 is 23.1 Å². The maximum absolute atomic E-state index is 5.48. The molecule has 2 heterocycles. The SMILES string of the molecule is Cc1nnc(Sc2ccc(CCN)cn2)s1. The van der Waals surface area contributed by atoms with E-state index in [2.05, 4.69) is 21.2 Å². The molecule has 84 valence electrons. The Morgan fingerprint density at radius 2 is 2.25 bits per heavy atom. The first kappa shape index (κ1) is 11.5. The number of nitrogens with zero attached hydrogens (tertiary/aromatic N) is 3. The van der Waals surface area contributed by atoms with E-state index in [1.807, 2.05) is 19.2 Å². The van der Waals surface area contributed by atoms with E-state index in [1.54, 1.807) is 11.3 Å². The average molecular weight is 252 g/mol. The maximum atomic E-state index is 5.48. The second-order valence-electron chi connectivity index (χ2n) is 3.23. The molecule has 0 aliphatic heterocycles. The highest BCUT2D eigenvalue weighted by Gasteiger charge is 2.04. The summed E-state index contributed by atoms with van der Waals surface area (Å²) in [5.74, 6) is 0. The minimum absolute atomic E-state index is 0.657. The summed E-state index contributed by atoms with van der Waals surface area (Å²) >= 11 is 3.12. The van der Waals surface area contributed by atoms with Crippen molar-refractivity contribution in [1.82, 2.24) is 15.2 Å². The van der Waals surface area contributed by atoms with Gasteiger partial charge in [0.25, 0.3) is 0 Å². The van der Waals surface area contributed by atoms with Gasteiger partial charge < -0.3 is 5.73 Å². The van der Waals surface area contributed by atoms with Crippen LogP contribution in [0.25, 0.3) is 0 Å². The van der Waals surface area contributed by atoms with Crippen LogP contribution in [0.15, 0.2) is 27.7 Å². The monoisotopic (exact) mass is 252 g/mol. The summed E-state index contributed by atoms with van der Waals surface area (Å²) in [6, 6.07) is 4.04. The lowest BCUT2D eigenvalue weighted by atomic mass is 10.2. The first-order chi connectivity index (χ1) is 7.78. The summed E-state index contributed by atoms with van der Waals surface area (Å²) in [7, 11) is 0. The highest BCUT2D eigenvalue weighted by atomic mass is 32.2. The van der Waals surface area contributed by atoms with Gasteiger partial charge in [0.2, 0.25) is 0 Å². The van der Waals surface area contributed by atoms with Crippen LogP contribution < -0.4 is 5.73 Å². The van der Waals surface area contributed by atoms with Crippen molar-refractivity contribution in [2.45, 2.75) is 22.7 Å². The van der Waals surface area contributed by atoms with Crippen LogP contribution in [-0.4, -0.2) is 21.7 Å². The maximum Gasteiger partial charge on any atom is 0.180 e. The Kier molecular flexibility index (Phi) is 3.87. The number of hydrogen-bond donors (Lipinski definition) is 1. The van der Waals surface area contributed by atoms with Gasteiger partial charge in [0, 0.05) is 6.20 Å². The predicted molar refractivity (Wildman–Crippen MR) is 65.8 cm³/mol. The second kappa shape index (κ2) is 5.38. The lowest BCUT2D eigenvalue weighted by molar-refractivity contribution is 0.943. The molecule has 0 bridgehead atoms. The Hall–Kier alpha value is -0.980. The molecule has 0 fully saturated rings. The van der Waals surface area contributed by atoms with Gasteiger partial charge >= 0.3 is 0 Å². The van der Waals surface area contributed by atoms with E-state index in [0.29, 0.717) is 6.54 Å². The molecule has 0 amide bonds. The molecule has 2 N–H and O–H groups in total. The number of nitrogens with two attached hydrogens (primary N) is 1. The molecule has 2 rings (SSSR count). The van der Waals surface area contributed by atoms with E-state index in [1.165, 1.54) is 17.3 Å². The van der Waals surface area contributed by atoms with E-state index in [-0.39, 0.29) is 0 Å². The molecule has 4 nitrogen and oxygen atoms in total. The van der Waals surface area contributed by atoms with Crippen LogP contribution >= 0.6 is 23.1 Å². The molecule has 0 saturated heterocycles. The highest BCUT2D eigenvalue weighted by Crippen LogP contribution is 2.28. The first-order valence-electron chi connectivity index (χ1n) is 4.91. The van der Waals surface area contributed by atoms with Crippen LogP contribution in [0.1, 0.15) is 10.6 Å². The molecular weight excluding hydrogens is 240 g/mol. The number of aromatic nitrogens is 3. The quantitative estimate of drug-likeness (QED) is 0.900. The summed E-state index contributed by atoms with van der Waals surface area (Å²) in [6.45, 7) is 2.60. The van der Waals surface area contributed by atoms with Crippen molar-refractivity contribution in [1.29, 1.82) is 0 Å². The molecule has 16 heavy (non-hydrogen) atoms. The van der Waals surface area contributed by atoms with Crippen LogP contribution in [0, 0.1) is 6.92 Å². The van der Waals surface area contributed by atoms with Crippen molar-refractivity contribution in [2.24, 2.45) is 5.73 Å². The third kappa shape index (κ3) is 3.01. The van der Waals surface area contributed by atoms with Gasteiger partial charge in [-0.3, -0.25) is 0 Å². The van der Waals surface area contributed by atoms with Gasteiger partial charge in [-0.1, -0.05) is 17.4 Å². The zero-order chi connectivity index (χ0) is 11.4. The van der Waals surface area contributed by atoms with Crippen LogP contribution in [0.3, 0.4) is 0 Å². The summed E-state index contributed by atoms with van der Waals surface area (Å²) in [4.78, 5) is 4.35. The highest BCUT2D eigenvalue weighted by molar-refractivity contribution is 8.01. The first-order valence-corrected chi connectivity index (χ1v) is 6.54. The van der Waals surface area contributed by atoms with Crippen molar-refractivity contribution in [2.75, 3.05) is 6.54 Å². The van der Waals surface area contributed by atoms with E-state index >= 15 is 0 Å². The topological polar surface area (TPSA) is 64.7 Å². The zero-order valence-electron chi connectivity index (χ0n) is 8.88. The van der Waals surface area contributed by atoms with Crippen LogP contribution in [0.4, 0.5) is 0 Å². The van der Waals surface area contributed by atoms with Gasteiger partial charge in [-0.15, -0.1) is 10.2 Å². The Balaban J connectivity index is 2.05. The minimum Gasteiger partial charge on any atom is -0.330 e. The van der Waals surface area contributed by atoms with E-state index < -0.39 is 0 Å². The van der Waals surface area contributed by atoms with E-state index in [4.69, 9.17) is 5.73 Å². The molecule has 2 aromatic heterocycles. The molecule has 0 spiro atoms. The van der Waals surface area contributed by atoms with Crippen LogP contribution in [0.5, 0.6) is 0 Å². The van der Waals surface area contributed by atoms with E-state index in [9.17, 15) is 0 Å². The van der Waals surface area contributed by atoms with Gasteiger partial charge in [-0.05, 0) is 43.3 Å². The van der Waals surface area contributed by atoms with Crippen LogP contribution in [-0.2, 0) is 6.42 Å². The van der Waals surface area contributed by atoms with Gasteiger partial charge in [0.05, 0.1) is 0 Å². The second-order valence-corrected chi connectivity index (χ2v) is 5.68. The van der Waals surface area contributed by atoms with Crippen molar-refractivity contribution in [3.63, 3.8) is 0 Å². The number of hydrogen-bond acceptors (Lipinski definition) is 6. The normalized spacial score (nSPS) is 10.6. The summed E-state index contributed by atoms with van der Waals surface area (Å²) < 4.78 is 0.927. The van der Waals surface area contributed by atoms with Gasteiger partial charge in [0.15, 0.2) is 4.34 Å². The van der Waals surface area contributed by atoms with Crippen LogP contribution in [0.2, 0.25) is 0 Å². The smallest absolute Gasteiger partial charge is 0.180 e. The Labute approximate surface area is 102 Å². The fourth-order valence-corrected chi connectivity index (χ4v) is 2.90. The molecule has 0 atom stereocenters. The number of rotatable bonds is 4. The predicted octanol–water partition coefficient (Wildman–Crippen LogP) is 1.89. The Bertz CT molecular complexity index is 452. The molecule has 0 aliphatic rings. The molecule has 0 unspecified atom stereocenters. The van der Waals surface area contributed by atoms with Crippen molar-refractivity contribution in [3.05, 3.63) is 28.9 Å². The van der Waals surface area contributed by atoms with E-state index in [0.717, 1.165) is 20.8 Å². The number of aryl methyl sites for hydroxylation is 1. The molecule has 0 aromatic carbocycles. The third-order valence-corrected chi connectivity index (χ3v) is 3.77. The molecule has 6 heteroatoms. The molecule has 2 aromatic rings. The third-order valence-electron chi connectivity index (χ3n) is 1.93. The average Bonchev–Trinajstić information content (AvgIpc) is 2.67. The molecular formula is C10H12N4S2. The van der Waals surface area contributed by atoms with Gasteiger partial charge in [0.1, 0.15) is 10.0 Å². The number of pyridine rings is 1. The standard InChI is InChI=1S/C10H12N4S2/c1-7-13-14-10(15-7)16-9-3-2-8(4-5-11)6-12-9/h2-3,6H,4-5,11H2,1H3. The summed E-state index contributed by atoms with van der Waals surface area (Å²) in [6.07, 6.45) is 2.74. The van der Waals surface area contributed by atoms with Gasteiger partial charge in [-0.25, -0.2) is 4.98 Å². The fourth-order valence-electron chi connectivity index (χ4n) is 1.19. The Morgan fingerprint density at radius 1 is 1.38 bits per heavy atom. The van der Waals surface area contributed by atoms with Crippen molar-refractivity contribution < 1.29 is 0 Å². The molecule has 0 saturated carbocycles. The minimum atomic E-state index is 0.657. The summed E-state index contributed by atoms with van der Waals surface area (Å²) in [5.41, 5.74) is 6.64. The fraction of sp³-hybridized carbons (Fsp3) is 0.300. The molecule has 0 aliphatic carbocycles.